The van der Waals surface area contributed by atoms with Crippen LogP contribution in [-0.4, -0.2) is 46.7 Å². The van der Waals surface area contributed by atoms with Crippen molar-refractivity contribution in [3.63, 3.8) is 0 Å². The minimum atomic E-state index is -0.382. The number of amides is 1. The van der Waals surface area contributed by atoms with Crippen LogP contribution in [0.3, 0.4) is 0 Å². The molecule has 1 aliphatic carbocycles. The van der Waals surface area contributed by atoms with Crippen molar-refractivity contribution in [1.82, 2.24) is 20.1 Å². The molecule has 2 aromatic rings. The van der Waals surface area contributed by atoms with Gasteiger partial charge in [-0.1, -0.05) is 63.9 Å². The Bertz CT molecular complexity index is 929. The van der Waals surface area contributed by atoms with E-state index >= 15 is 0 Å². The molecule has 3 atom stereocenters. The number of likely N-dealkylation sites (N-methyl/N-ethyl adjacent to an activating group) is 1. The summed E-state index contributed by atoms with van der Waals surface area (Å²) in [4.78, 5) is 14.4. The second kappa shape index (κ2) is 10.1. The number of thiocarbonyl (C=S) groups is 1. The van der Waals surface area contributed by atoms with Crippen molar-refractivity contribution in [2.45, 2.75) is 71.5 Å². The molecule has 0 aliphatic heterocycles. The molecule has 6 heteroatoms. The summed E-state index contributed by atoms with van der Waals surface area (Å²) < 4.78 is 2.47. The maximum atomic E-state index is 12.8. The van der Waals surface area contributed by atoms with Gasteiger partial charge in [0, 0.05) is 31.5 Å². The first-order valence-electron chi connectivity index (χ1n) is 11.6. The van der Waals surface area contributed by atoms with Gasteiger partial charge in [-0.05, 0) is 55.1 Å². The largest absolute Gasteiger partial charge is 0.358 e. The predicted octanol–water partition coefficient (Wildman–Crippen LogP) is 4.91. The molecule has 1 amide bonds. The first-order valence-corrected chi connectivity index (χ1v) is 12.0. The summed E-state index contributed by atoms with van der Waals surface area (Å²) in [6.45, 7) is 8.37. The van der Waals surface area contributed by atoms with E-state index in [-0.39, 0.29) is 23.4 Å². The summed E-state index contributed by atoms with van der Waals surface area (Å²) in [5, 5.41) is 7.48. The van der Waals surface area contributed by atoms with E-state index in [0.29, 0.717) is 11.2 Å². The maximum absolute atomic E-state index is 12.8. The summed E-state index contributed by atoms with van der Waals surface area (Å²) in [6.07, 6.45) is 4.55. The normalized spacial score (nSPS) is 19.8. The number of nitrogens with one attached hydrogen (secondary N) is 2. The molecule has 1 saturated carbocycles. The zero-order valence-electron chi connectivity index (χ0n) is 20.3. The fourth-order valence-corrected chi connectivity index (χ4v) is 4.94. The minimum Gasteiger partial charge on any atom is -0.358 e. The van der Waals surface area contributed by atoms with E-state index in [1.807, 2.05) is 0 Å². The highest BCUT2D eigenvalue weighted by molar-refractivity contribution is 7.80. The zero-order valence-corrected chi connectivity index (χ0v) is 21.1. The number of hydrogen-bond acceptors (Lipinski definition) is 2. The molecule has 1 fully saturated rings. The van der Waals surface area contributed by atoms with Gasteiger partial charge < -0.3 is 20.1 Å². The number of carbonyl (C=O) groups excluding carboxylic acids is 1. The molecule has 1 heterocycles. The van der Waals surface area contributed by atoms with Gasteiger partial charge in [0.1, 0.15) is 6.04 Å². The summed E-state index contributed by atoms with van der Waals surface area (Å²) in [7, 11) is 3.58. The van der Waals surface area contributed by atoms with Crippen molar-refractivity contribution in [3.05, 3.63) is 48.2 Å². The number of benzene rings is 1. The third kappa shape index (κ3) is 5.52. The second-order valence-electron chi connectivity index (χ2n) is 10.2. The van der Waals surface area contributed by atoms with Crippen LogP contribution in [0.1, 0.15) is 58.2 Å². The summed E-state index contributed by atoms with van der Waals surface area (Å²) in [5.41, 5.74) is 3.49. The van der Waals surface area contributed by atoms with E-state index in [1.54, 1.807) is 19.0 Å². The first-order chi connectivity index (χ1) is 15.1. The topological polar surface area (TPSA) is 49.3 Å². The third-order valence-electron chi connectivity index (χ3n) is 6.40. The first kappa shape index (κ1) is 24.3. The van der Waals surface area contributed by atoms with Crippen molar-refractivity contribution in [2.24, 2.45) is 5.41 Å². The van der Waals surface area contributed by atoms with E-state index in [1.165, 1.54) is 29.8 Å². The van der Waals surface area contributed by atoms with Crippen LogP contribution in [0.4, 0.5) is 0 Å². The van der Waals surface area contributed by atoms with E-state index in [4.69, 9.17) is 12.2 Å². The number of aromatic nitrogens is 1. The monoisotopic (exact) mass is 454 g/mol. The van der Waals surface area contributed by atoms with Gasteiger partial charge in [-0.25, -0.2) is 0 Å². The number of rotatable bonds is 5. The highest BCUT2D eigenvalue weighted by Crippen LogP contribution is 2.35. The van der Waals surface area contributed by atoms with Crippen molar-refractivity contribution in [1.29, 1.82) is 0 Å². The molecule has 0 unspecified atom stereocenters. The van der Waals surface area contributed by atoms with E-state index in [0.717, 1.165) is 12.8 Å². The Balaban J connectivity index is 1.82. The molecule has 1 aliphatic rings. The SMILES string of the molecule is Cc1ccc(-c2ccccc2)n1[C@@H]1CCCC[C@H]1NC(=S)N[C@H](C(=O)N(C)C)C(C)(C)C. The van der Waals surface area contributed by atoms with Gasteiger partial charge in [-0.2, -0.15) is 0 Å². The molecular formula is C26H38N4OS. The fraction of sp³-hybridized carbons (Fsp3) is 0.538. The lowest BCUT2D eigenvalue weighted by Gasteiger charge is -2.38. The smallest absolute Gasteiger partial charge is 0.245 e. The number of carbonyl (C=O) groups is 1. The molecule has 32 heavy (non-hydrogen) atoms. The Hall–Kier alpha value is -2.34. The highest BCUT2D eigenvalue weighted by atomic mass is 32.1. The lowest BCUT2D eigenvalue weighted by Crippen LogP contribution is -2.57. The van der Waals surface area contributed by atoms with Gasteiger partial charge >= 0.3 is 0 Å². The number of nitrogens with zero attached hydrogens (tertiary/aromatic N) is 2. The molecule has 1 aromatic heterocycles. The van der Waals surface area contributed by atoms with Crippen molar-refractivity contribution < 1.29 is 4.79 Å². The van der Waals surface area contributed by atoms with Crippen LogP contribution in [0, 0.1) is 12.3 Å². The lowest BCUT2D eigenvalue weighted by atomic mass is 9.86. The molecule has 174 valence electrons. The lowest BCUT2D eigenvalue weighted by molar-refractivity contribution is -0.133. The number of aryl methyl sites for hydroxylation is 1. The van der Waals surface area contributed by atoms with Crippen LogP contribution in [-0.2, 0) is 4.79 Å². The molecule has 3 rings (SSSR count). The fourth-order valence-electron chi connectivity index (χ4n) is 4.67. The van der Waals surface area contributed by atoms with Crippen molar-refractivity contribution in [3.8, 4) is 11.3 Å². The average molecular weight is 455 g/mol. The Labute approximate surface area is 198 Å². The molecule has 1 aromatic carbocycles. The second-order valence-corrected chi connectivity index (χ2v) is 10.6. The van der Waals surface area contributed by atoms with Crippen LogP contribution in [0.2, 0.25) is 0 Å². The van der Waals surface area contributed by atoms with Crippen molar-refractivity contribution in [2.75, 3.05) is 14.1 Å². The minimum absolute atomic E-state index is 0.0365. The summed E-state index contributed by atoms with van der Waals surface area (Å²) in [5.74, 6) is 0.0365. The predicted molar refractivity (Wildman–Crippen MR) is 137 cm³/mol. The van der Waals surface area contributed by atoms with Gasteiger partial charge in [0.15, 0.2) is 5.11 Å². The van der Waals surface area contributed by atoms with Gasteiger partial charge in [0.2, 0.25) is 5.91 Å². The summed E-state index contributed by atoms with van der Waals surface area (Å²) >= 11 is 5.73. The van der Waals surface area contributed by atoms with Gasteiger partial charge in [0.25, 0.3) is 0 Å². The standard InChI is InChI=1S/C26H38N4OS/c1-18-16-17-21(19-12-8-7-9-13-19)30(18)22-15-11-10-14-20(22)27-25(32)28-23(26(2,3)4)24(31)29(5)6/h7-9,12-13,16-17,20,22-23H,10-11,14-15H2,1-6H3,(H2,27,28,32)/t20-,22-,23-/m1/s1. The van der Waals surface area contributed by atoms with Gasteiger partial charge in [-0.3, -0.25) is 4.79 Å². The Kier molecular flexibility index (Phi) is 7.65. The molecular weight excluding hydrogens is 416 g/mol. The zero-order chi connectivity index (χ0) is 23.5. The Morgan fingerprint density at radius 2 is 1.75 bits per heavy atom. The molecule has 0 saturated heterocycles. The number of hydrogen-bond donors (Lipinski definition) is 2. The summed E-state index contributed by atoms with van der Waals surface area (Å²) in [6, 6.07) is 15.1. The van der Waals surface area contributed by atoms with E-state index in [9.17, 15) is 4.79 Å². The van der Waals surface area contributed by atoms with Crippen LogP contribution in [0.15, 0.2) is 42.5 Å². The Morgan fingerprint density at radius 3 is 2.38 bits per heavy atom. The molecule has 0 spiro atoms. The third-order valence-corrected chi connectivity index (χ3v) is 6.63. The maximum Gasteiger partial charge on any atom is 0.245 e. The molecule has 5 nitrogen and oxygen atoms in total. The van der Waals surface area contributed by atoms with Gasteiger partial charge in [0.05, 0.1) is 6.04 Å². The molecule has 0 bridgehead atoms. The molecule has 2 N–H and O–H groups in total. The van der Waals surface area contributed by atoms with Crippen LogP contribution < -0.4 is 10.6 Å². The highest BCUT2D eigenvalue weighted by Gasteiger charge is 2.34. The van der Waals surface area contributed by atoms with E-state index in [2.05, 4.69) is 85.4 Å². The van der Waals surface area contributed by atoms with E-state index < -0.39 is 0 Å². The van der Waals surface area contributed by atoms with Crippen LogP contribution in [0.25, 0.3) is 11.3 Å². The van der Waals surface area contributed by atoms with Crippen LogP contribution in [0.5, 0.6) is 0 Å². The average Bonchev–Trinajstić information content (AvgIpc) is 3.13. The van der Waals surface area contributed by atoms with Gasteiger partial charge in [-0.15, -0.1) is 0 Å². The molecule has 0 radical (unpaired) electrons. The quantitative estimate of drug-likeness (QED) is 0.630. The van der Waals surface area contributed by atoms with Crippen molar-refractivity contribution >= 4 is 23.2 Å². The Morgan fingerprint density at radius 1 is 1.09 bits per heavy atom. The van der Waals surface area contributed by atoms with Crippen LogP contribution >= 0.6 is 12.2 Å².